The van der Waals surface area contributed by atoms with Gasteiger partial charge in [-0.3, -0.25) is 4.79 Å². The summed E-state index contributed by atoms with van der Waals surface area (Å²) in [5.74, 6) is 0.452. The van der Waals surface area contributed by atoms with Crippen LogP contribution >= 0.6 is 15.9 Å². The van der Waals surface area contributed by atoms with Crippen LogP contribution in [0.15, 0.2) is 22.9 Å². The largest absolute Gasteiger partial charge is 0.379 e. The first-order chi connectivity index (χ1) is 9.15. The van der Waals surface area contributed by atoms with Crippen LogP contribution in [0.25, 0.3) is 10.9 Å². The molecule has 2 aromatic rings. The van der Waals surface area contributed by atoms with E-state index in [2.05, 4.69) is 37.0 Å². The summed E-state index contributed by atoms with van der Waals surface area (Å²) in [6.07, 6.45) is 4.87. The predicted octanol–water partition coefficient (Wildman–Crippen LogP) is 2.72. The summed E-state index contributed by atoms with van der Waals surface area (Å²) in [4.78, 5) is 15.3. The van der Waals surface area contributed by atoms with Gasteiger partial charge in [0.25, 0.3) is 0 Å². The second-order valence-corrected chi connectivity index (χ2v) is 5.52. The maximum Gasteiger partial charge on any atom is 0.222 e. The number of hydrogen-bond donors (Lipinski definition) is 1. The molecule has 1 N–H and O–H groups in total. The molecule has 1 atom stereocenters. The van der Waals surface area contributed by atoms with E-state index in [4.69, 9.17) is 4.74 Å². The van der Waals surface area contributed by atoms with Gasteiger partial charge < -0.3 is 14.6 Å². The van der Waals surface area contributed by atoms with E-state index in [9.17, 15) is 4.79 Å². The SMILES string of the molecule is CC(=O)Nc1cc2c(Br)cn(C3CCOC3)c2cn1. The molecule has 19 heavy (non-hydrogen) atoms. The van der Waals surface area contributed by atoms with Crippen molar-refractivity contribution in [2.45, 2.75) is 19.4 Å². The van der Waals surface area contributed by atoms with Crippen LogP contribution in [0.4, 0.5) is 5.82 Å². The number of pyridine rings is 1. The van der Waals surface area contributed by atoms with E-state index in [1.807, 2.05) is 6.07 Å². The molecule has 6 heteroatoms. The van der Waals surface area contributed by atoms with Crippen molar-refractivity contribution in [1.82, 2.24) is 9.55 Å². The second-order valence-electron chi connectivity index (χ2n) is 4.67. The fraction of sp³-hybridized carbons (Fsp3) is 0.385. The van der Waals surface area contributed by atoms with Crippen molar-refractivity contribution >= 4 is 38.6 Å². The molecule has 1 amide bonds. The molecule has 1 aliphatic heterocycles. The third-order valence-corrected chi connectivity index (χ3v) is 3.91. The van der Waals surface area contributed by atoms with E-state index in [1.54, 1.807) is 6.20 Å². The molecule has 1 unspecified atom stereocenters. The Morgan fingerprint density at radius 3 is 3.16 bits per heavy atom. The zero-order valence-electron chi connectivity index (χ0n) is 10.5. The van der Waals surface area contributed by atoms with Crippen LogP contribution in [0.5, 0.6) is 0 Å². The van der Waals surface area contributed by atoms with Gasteiger partial charge >= 0.3 is 0 Å². The molecular weight excluding hydrogens is 310 g/mol. The Morgan fingerprint density at radius 1 is 1.63 bits per heavy atom. The number of rotatable bonds is 2. The summed E-state index contributed by atoms with van der Waals surface area (Å²) in [5.41, 5.74) is 1.05. The lowest BCUT2D eigenvalue weighted by atomic mass is 10.2. The van der Waals surface area contributed by atoms with E-state index in [1.165, 1.54) is 6.92 Å². The van der Waals surface area contributed by atoms with Crippen LogP contribution in [0, 0.1) is 0 Å². The molecule has 0 aliphatic carbocycles. The van der Waals surface area contributed by atoms with Crippen molar-refractivity contribution in [1.29, 1.82) is 0 Å². The van der Waals surface area contributed by atoms with Crippen LogP contribution in [0.1, 0.15) is 19.4 Å². The Balaban J connectivity index is 2.04. The van der Waals surface area contributed by atoms with E-state index in [0.717, 1.165) is 35.0 Å². The smallest absolute Gasteiger partial charge is 0.222 e. The number of anilines is 1. The maximum atomic E-state index is 11.1. The van der Waals surface area contributed by atoms with Crippen LogP contribution < -0.4 is 5.32 Å². The second kappa shape index (κ2) is 4.94. The Kier molecular flexibility index (Phi) is 3.28. The zero-order valence-corrected chi connectivity index (χ0v) is 12.1. The highest BCUT2D eigenvalue weighted by atomic mass is 79.9. The molecule has 0 aromatic carbocycles. The number of ether oxygens (including phenoxy) is 1. The van der Waals surface area contributed by atoms with Gasteiger partial charge in [0.05, 0.1) is 24.4 Å². The van der Waals surface area contributed by atoms with Gasteiger partial charge in [0.1, 0.15) is 5.82 Å². The monoisotopic (exact) mass is 323 g/mol. The van der Waals surface area contributed by atoms with E-state index in [0.29, 0.717) is 11.9 Å². The Hall–Kier alpha value is -1.40. The minimum absolute atomic E-state index is 0.119. The van der Waals surface area contributed by atoms with Gasteiger partial charge in [0, 0.05) is 29.6 Å². The molecule has 0 bridgehead atoms. The number of hydrogen-bond acceptors (Lipinski definition) is 3. The van der Waals surface area contributed by atoms with E-state index < -0.39 is 0 Å². The fourth-order valence-electron chi connectivity index (χ4n) is 2.40. The summed E-state index contributed by atoms with van der Waals surface area (Å²) >= 11 is 3.56. The summed E-state index contributed by atoms with van der Waals surface area (Å²) in [6.45, 7) is 3.02. The number of nitrogens with one attached hydrogen (secondary N) is 1. The van der Waals surface area contributed by atoms with Crippen molar-refractivity contribution in [3.05, 3.63) is 22.9 Å². The van der Waals surface area contributed by atoms with Crippen molar-refractivity contribution in [3.8, 4) is 0 Å². The lowest BCUT2D eigenvalue weighted by molar-refractivity contribution is -0.114. The molecule has 0 radical (unpaired) electrons. The number of carbonyl (C=O) groups excluding carboxylic acids is 1. The number of halogens is 1. The molecule has 0 saturated carbocycles. The molecule has 1 aliphatic rings. The van der Waals surface area contributed by atoms with Gasteiger partial charge in [-0.2, -0.15) is 0 Å². The van der Waals surface area contributed by atoms with Crippen molar-refractivity contribution in [2.24, 2.45) is 0 Å². The lowest BCUT2D eigenvalue weighted by Gasteiger charge is -2.11. The third-order valence-electron chi connectivity index (χ3n) is 3.27. The molecule has 3 rings (SSSR count). The summed E-state index contributed by atoms with van der Waals surface area (Å²) in [6, 6.07) is 2.25. The number of carbonyl (C=O) groups is 1. The predicted molar refractivity (Wildman–Crippen MR) is 76.2 cm³/mol. The molecule has 100 valence electrons. The molecule has 5 nitrogen and oxygen atoms in total. The summed E-state index contributed by atoms with van der Waals surface area (Å²) in [5, 5.41) is 3.75. The number of aromatic nitrogens is 2. The average molecular weight is 324 g/mol. The van der Waals surface area contributed by atoms with Crippen LogP contribution in [-0.4, -0.2) is 28.7 Å². The minimum atomic E-state index is -0.119. The Morgan fingerprint density at radius 2 is 2.47 bits per heavy atom. The number of amides is 1. The highest BCUT2D eigenvalue weighted by molar-refractivity contribution is 9.10. The summed E-state index contributed by atoms with van der Waals surface area (Å²) < 4.78 is 8.63. The molecule has 1 saturated heterocycles. The Labute approximate surface area is 119 Å². The van der Waals surface area contributed by atoms with Gasteiger partial charge in [-0.15, -0.1) is 0 Å². The highest BCUT2D eigenvalue weighted by Crippen LogP contribution is 2.32. The first-order valence-corrected chi connectivity index (χ1v) is 6.96. The van der Waals surface area contributed by atoms with Crippen molar-refractivity contribution < 1.29 is 9.53 Å². The summed E-state index contributed by atoms with van der Waals surface area (Å²) in [7, 11) is 0. The lowest BCUT2D eigenvalue weighted by Crippen LogP contribution is -2.08. The minimum Gasteiger partial charge on any atom is -0.379 e. The quantitative estimate of drug-likeness (QED) is 0.924. The van der Waals surface area contributed by atoms with Gasteiger partial charge in [0.2, 0.25) is 5.91 Å². The fourth-order valence-corrected chi connectivity index (χ4v) is 2.94. The maximum absolute atomic E-state index is 11.1. The van der Waals surface area contributed by atoms with Gasteiger partial charge in [-0.25, -0.2) is 4.98 Å². The average Bonchev–Trinajstić information content (AvgIpc) is 2.97. The molecule has 0 spiro atoms. The normalized spacial score (nSPS) is 18.9. The highest BCUT2D eigenvalue weighted by Gasteiger charge is 2.20. The van der Waals surface area contributed by atoms with Crippen LogP contribution in [-0.2, 0) is 9.53 Å². The topological polar surface area (TPSA) is 56.2 Å². The van der Waals surface area contributed by atoms with E-state index >= 15 is 0 Å². The first-order valence-electron chi connectivity index (χ1n) is 6.16. The zero-order chi connectivity index (χ0) is 13.4. The van der Waals surface area contributed by atoms with Crippen LogP contribution in [0.2, 0.25) is 0 Å². The third kappa shape index (κ3) is 2.37. The van der Waals surface area contributed by atoms with Crippen LogP contribution in [0.3, 0.4) is 0 Å². The van der Waals surface area contributed by atoms with Crippen molar-refractivity contribution in [3.63, 3.8) is 0 Å². The first kappa shape index (κ1) is 12.6. The Bertz CT molecular complexity index is 632. The number of nitrogens with zero attached hydrogens (tertiary/aromatic N) is 2. The molecule has 2 aromatic heterocycles. The molecule has 3 heterocycles. The van der Waals surface area contributed by atoms with Gasteiger partial charge in [-0.1, -0.05) is 0 Å². The molecule has 1 fully saturated rings. The standard InChI is InChI=1S/C13H14BrN3O2/c1-8(18)16-13-4-10-11(14)6-17(12(10)5-15-13)9-2-3-19-7-9/h4-6,9H,2-3,7H2,1H3,(H,15,16,18). The number of fused-ring (bicyclic) bond motifs is 1. The van der Waals surface area contributed by atoms with Gasteiger partial charge in [-0.05, 0) is 28.4 Å². The van der Waals surface area contributed by atoms with Gasteiger partial charge in [0.15, 0.2) is 0 Å². The molecular formula is C13H14BrN3O2. The van der Waals surface area contributed by atoms with E-state index in [-0.39, 0.29) is 5.91 Å². The van der Waals surface area contributed by atoms with Crippen molar-refractivity contribution in [2.75, 3.05) is 18.5 Å².